The number of ether oxygens (including phenoxy) is 1. The highest BCUT2D eigenvalue weighted by atomic mass is 35.5. The van der Waals surface area contributed by atoms with Crippen LogP contribution in [-0.4, -0.2) is 38.4 Å². The fraction of sp³-hybridized carbons (Fsp3) is 0.333. The highest BCUT2D eigenvalue weighted by Gasteiger charge is 2.26. The van der Waals surface area contributed by atoms with E-state index in [1.54, 1.807) is 6.92 Å². The number of allylic oxidation sites excluding steroid dienone is 2. The van der Waals surface area contributed by atoms with E-state index in [0.29, 0.717) is 6.42 Å². The molecule has 178 valence electrons. The number of nitrogens with one attached hydrogen (secondary N) is 2. The van der Waals surface area contributed by atoms with Crippen LogP contribution in [-0.2, 0) is 4.79 Å². The van der Waals surface area contributed by atoms with Crippen LogP contribution in [0.3, 0.4) is 0 Å². The highest BCUT2D eigenvalue weighted by molar-refractivity contribution is 6.37. The van der Waals surface area contributed by atoms with E-state index >= 15 is 0 Å². The average molecular weight is 498 g/mol. The van der Waals surface area contributed by atoms with Gasteiger partial charge in [-0.25, -0.2) is 4.79 Å². The first kappa shape index (κ1) is 26.2. The zero-order chi connectivity index (χ0) is 25.1. The standard InChI is InChI=1S/C21H25Cl2N5O5/c1-6-10(2)15(9-12(18(29)25-5)21(3,4)32)33-16-13(22)7-11(8-14(16)23)28-20(31)26-19(30)17(24)27-28/h7-9,32H,6H2,1-5H3,(H2,24,27)(H,25,29)(H,26,30,31)/b12-9+,15-10?. The molecule has 0 aliphatic heterocycles. The summed E-state index contributed by atoms with van der Waals surface area (Å²) >= 11 is 12.8. The number of nitrogen functional groups attached to an aromatic ring is 1. The Hall–Kier alpha value is -3.08. The monoisotopic (exact) mass is 497 g/mol. The van der Waals surface area contributed by atoms with Crippen molar-refractivity contribution in [1.29, 1.82) is 0 Å². The van der Waals surface area contributed by atoms with Crippen molar-refractivity contribution in [2.75, 3.05) is 12.8 Å². The van der Waals surface area contributed by atoms with Crippen LogP contribution in [0.2, 0.25) is 10.0 Å². The molecular weight excluding hydrogens is 473 g/mol. The van der Waals surface area contributed by atoms with Gasteiger partial charge in [-0.15, -0.1) is 5.10 Å². The number of aliphatic hydroxyl groups is 1. The Balaban J connectivity index is 2.61. The maximum absolute atomic E-state index is 12.3. The Morgan fingerprint density at radius 2 is 1.91 bits per heavy atom. The van der Waals surface area contributed by atoms with Gasteiger partial charge >= 0.3 is 5.69 Å². The summed E-state index contributed by atoms with van der Waals surface area (Å²) in [5, 5.41) is 16.7. The van der Waals surface area contributed by atoms with Crippen molar-refractivity contribution in [3.63, 3.8) is 0 Å². The Bertz CT molecular complexity index is 1230. The molecule has 2 rings (SSSR count). The normalized spacial score (nSPS) is 12.9. The van der Waals surface area contributed by atoms with Crippen molar-refractivity contribution in [3.8, 4) is 11.4 Å². The molecule has 1 aromatic carbocycles. The first-order chi connectivity index (χ1) is 15.3. The lowest BCUT2D eigenvalue weighted by Gasteiger charge is -2.22. The number of H-pyrrole nitrogens is 1. The molecule has 0 bridgehead atoms. The number of hydrogen-bond donors (Lipinski definition) is 4. The third kappa shape index (κ3) is 6.04. The molecule has 1 aromatic heterocycles. The van der Waals surface area contributed by atoms with Crippen LogP contribution in [0.15, 0.2) is 44.7 Å². The topological polar surface area (TPSA) is 152 Å². The smallest absolute Gasteiger partial charge is 0.349 e. The predicted octanol–water partition coefficient (Wildman–Crippen LogP) is 2.32. The van der Waals surface area contributed by atoms with Crippen molar-refractivity contribution in [2.24, 2.45) is 0 Å². The van der Waals surface area contributed by atoms with Gasteiger partial charge in [0.2, 0.25) is 11.7 Å². The van der Waals surface area contributed by atoms with Gasteiger partial charge in [0.15, 0.2) is 5.75 Å². The third-order valence-electron chi connectivity index (χ3n) is 4.65. The van der Waals surface area contributed by atoms with E-state index in [1.165, 1.54) is 39.1 Å². The predicted molar refractivity (Wildman–Crippen MR) is 127 cm³/mol. The van der Waals surface area contributed by atoms with E-state index in [2.05, 4.69) is 10.4 Å². The summed E-state index contributed by atoms with van der Waals surface area (Å²) in [6.07, 6.45) is 1.99. The fourth-order valence-electron chi connectivity index (χ4n) is 2.66. The van der Waals surface area contributed by atoms with Gasteiger partial charge < -0.3 is 20.9 Å². The summed E-state index contributed by atoms with van der Waals surface area (Å²) in [5.41, 5.74) is 3.34. The summed E-state index contributed by atoms with van der Waals surface area (Å²) in [7, 11) is 1.45. The largest absolute Gasteiger partial charge is 0.454 e. The van der Waals surface area contributed by atoms with E-state index in [9.17, 15) is 19.5 Å². The van der Waals surface area contributed by atoms with Crippen molar-refractivity contribution in [2.45, 2.75) is 39.7 Å². The molecule has 0 spiro atoms. The number of hydrogen-bond acceptors (Lipinski definition) is 7. The molecule has 0 aliphatic rings. The second kappa shape index (κ2) is 10.2. The number of nitrogens with zero attached hydrogens (tertiary/aromatic N) is 2. The summed E-state index contributed by atoms with van der Waals surface area (Å²) in [5.74, 6) is -0.581. The Labute approximate surface area is 199 Å². The number of rotatable bonds is 7. The minimum Gasteiger partial charge on any atom is -0.454 e. The number of amides is 1. The van der Waals surface area contributed by atoms with E-state index in [-0.39, 0.29) is 32.8 Å². The fourth-order valence-corrected chi connectivity index (χ4v) is 3.22. The first-order valence-electron chi connectivity index (χ1n) is 9.82. The molecule has 0 saturated heterocycles. The zero-order valence-corrected chi connectivity index (χ0v) is 20.3. The first-order valence-corrected chi connectivity index (χ1v) is 10.6. The van der Waals surface area contributed by atoms with Gasteiger partial charge in [0, 0.05) is 7.05 Å². The summed E-state index contributed by atoms with van der Waals surface area (Å²) < 4.78 is 6.81. The molecule has 10 nitrogen and oxygen atoms in total. The number of aromatic nitrogens is 3. The van der Waals surface area contributed by atoms with Crippen molar-refractivity contribution >= 4 is 34.9 Å². The molecule has 0 aliphatic carbocycles. The van der Waals surface area contributed by atoms with Crippen molar-refractivity contribution in [1.82, 2.24) is 20.1 Å². The second-order valence-corrected chi connectivity index (χ2v) is 8.41. The Kier molecular flexibility index (Phi) is 8.12. The number of carbonyl (C=O) groups is 1. The molecule has 1 amide bonds. The number of carbonyl (C=O) groups excluding carboxylic acids is 1. The van der Waals surface area contributed by atoms with Crippen LogP contribution in [0, 0.1) is 0 Å². The maximum Gasteiger partial charge on any atom is 0.349 e. The van der Waals surface area contributed by atoms with E-state index in [0.717, 1.165) is 10.3 Å². The van der Waals surface area contributed by atoms with E-state index in [4.69, 9.17) is 33.7 Å². The second-order valence-electron chi connectivity index (χ2n) is 7.59. The SMILES string of the molecule is CCC(C)=C(/C=C(\C(=O)NC)C(C)(C)O)Oc1c(Cl)cc(-n2nc(N)c(=O)[nH]c2=O)cc1Cl. The third-order valence-corrected chi connectivity index (χ3v) is 5.21. The number of nitrogens with two attached hydrogens (primary N) is 1. The van der Waals surface area contributed by atoms with Gasteiger partial charge in [0.05, 0.1) is 26.9 Å². The summed E-state index contributed by atoms with van der Waals surface area (Å²) in [4.78, 5) is 37.9. The lowest BCUT2D eigenvalue weighted by Crippen LogP contribution is -2.34. The Morgan fingerprint density at radius 1 is 1.33 bits per heavy atom. The van der Waals surface area contributed by atoms with Crippen LogP contribution in [0.4, 0.5) is 5.82 Å². The molecule has 0 radical (unpaired) electrons. The lowest BCUT2D eigenvalue weighted by atomic mass is 9.95. The van der Waals surface area contributed by atoms with Crippen molar-refractivity contribution < 1.29 is 14.6 Å². The quantitative estimate of drug-likeness (QED) is 0.260. The number of anilines is 1. The molecule has 33 heavy (non-hydrogen) atoms. The molecule has 5 N–H and O–H groups in total. The summed E-state index contributed by atoms with van der Waals surface area (Å²) in [6.45, 7) is 6.63. The van der Waals surface area contributed by atoms with Crippen LogP contribution in [0.5, 0.6) is 5.75 Å². The van der Waals surface area contributed by atoms with E-state index < -0.39 is 28.6 Å². The molecule has 2 aromatic rings. The highest BCUT2D eigenvalue weighted by Crippen LogP contribution is 2.37. The van der Waals surface area contributed by atoms with Gasteiger partial charge in [-0.2, -0.15) is 4.68 Å². The number of aromatic amines is 1. The minimum atomic E-state index is -1.46. The minimum absolute atomic E-state index is 0.0236. The molecule has 0 saturated carbocycles. The maximum atomic E-state index is 12.3. The number of benzene rings is 1. The van der Waals surface area contributed by atoms with Gasteiger partial charge in [0.1, 0.15) is 5.76 Å². The van der Waals surface area contributed by atoms with Gasteiger partial charge in [-0.05, 0) is 51.0 Å². The van der Waals surface area contributed by atoms with Gasteiger partial charge in [-0.3, -0.25) is 14.6 Å². The van der Waals surface area contributed by atoms with Crippen LogP contribution in [0.25, 0.3) is 5.69 Å². The van der Waals surface area contributed by atoms with Crippen molar-refractivity contribution in [3.05, 3.63) is 66.0 Å². The van der Waals surface area contributed by atoms with Crippen LogP contribution in [0.1, 0.15) is 34.1 Å². The van der Waals surface area contributed by atoms with Crippen LogP contribution >= 0.6 is 23.2 Å². The lowest BCUT2D eigenvalue weighted by molar-refractivity contribution is -0.118. The molecule has 1 heterocycles. The number of halogens is 2. The molecule has 12 heteroatoms. The number of likely N-dealkylation sites (N-methyl/N-ethyl adjacent to an activating group) is 1. The van der Waals surface area contributed by atoms with E-state index in [1.807, 2.05) is 11.9 Å². The molecule has 0 unspecified atom stereocenters. The summed E-state index contributed by atoms with van der Waals surface area (Å²) in [6, 6.07) is 2.71. The van der Waals surface area contributed by atoms with Gasteiger partial charge in [0.25, 0.3) is 5.56 Å². The zero-order valence-electron chi connectivity index (χ0n) is 18.7. The van der Waals surface area contributed by atoms with Crippen LogP contribution < -0.4 is 27.0 Å². The molecule has 0 atom stereocenters. The molecular formula is C21H25Cl2N5O5. The van der Waals surface area contributed by atoms with Gasteiger partial charge in [-0.1, -0.05) is 30.1 Å². The molecule has 0 fully saturated rings. The Morgan fingerprint density at radius 3 is 2.39 bits per heavy atom. The average Bonchev–Trinajstić information content (AvgIpc) is 2.73.